The summed E-state index contributed by atoms with van der Waals surface area (Å²) in [6.45, 7) is 6.56. The van der Waals surface area contributed by atoms with Gasteiger partial charge in [-0.05, 0) is 49.3 Å². The van der Waals surface area contributed by atoms with Crippen LogP contribution in [0.15, 0.2) is 137 Å². The number of aromatic nitrogens is 2. The summed E-state index contributed by atoms with van der Waals surface area (Å²) in [7, 11) is 0. The predicted octanol–water partition coefficient (Wildman–Crippen LogP) is 11.5. The summed E-state index contributed by atoms with van der Waals surface area (Å²) >= 11 is 0. The van der Waals surface area contributed by atoms with Gasteiger partial charge < -0.3 is 8.98 Å². The maximum atomic E-state index is 6.41. The van der Waals surface area contributed by atoms with Crippen LogP contribution in [0.5, 0.6) is 0 Å². The Morgan fingerprint density at radius 3 is 2.54 bits per heavy atom. The highest BCUT2D eigenvalue weighted by atomic mass is 16.3. The molecule has 0 unspecified atom stereocenters. The lowest BCUT2D eigenvalue weighted by atomic mass is 10.0. The van der Waals surface area contributed by atoms with E-state index in [4.69, 9.17) is 9.41 Å². The molecule has 242 valence electrons. The number of fused-ring (bicyclic) bond motifs is 8. The molecular weight excluding hydrogens is 611 g/mol. The Hall–Kier alpha value is -6.13. The van der Waals surface area contributed by atoms with E-state index in [-0.39, 0.29) is 0 Å². The number of hydrogen-bond donors (Lipinski definition) is 0. The third kappa shape index (κ3) is 4.71. The highest BCUT2D eigenvalue weighted by Gasteiger charge is 2.26. The number of rotatable bonds is 4. The van der Waals surface area contributed by atoms with Crippen molar-refractivity contribution in [2.24, 2.45) is 4.99 Å². The minimum atomic E-state index is 0.522. The van der Waals surface area contributed by atoms with Gasteiger partial charge in [-0.1, -0.05) is 122 Å². The molecule has 9 rings (SSSR count). The molecule has 0 saturated heterocycles. The summed E-state index contributed by atoms with van der Waals surface area (Å²) in [6.07, 6.45) is 33.1. The van der Waals surface area contributed by atoms with Crippen molar-refractivity contribution < 1.29 is 4.42 Å². The van der Waals surface area contributed by atoms with Crippen LogP contribution in [0.3, 0.4) is 0 Å². The Kier molecular flexibility index (Phi) is 7.43. The van der Waals surface area contributed by atoms with Crippen LogP contribution >= 0.6 is 0 Å². The third-order valence-electron chi connectivity index (χ3n) is 10.0. The average Bonchev–Trinajstić information content (AvgIpc) is 3.56. The highest BCUT2D eigenvalue weighted by molar-refractivity contribution is 6.18. The first-order valence-corrected chi connectivity index (χ1v) is 17.4. The zero-order valence-electron chi connectivity index (χ0n) is 28.1. The van der Waals surface area contributed by atoms with Crippen LogP contribution in [-0.4, -0.2) is 21.5 Å². The van der Waals surface area contributed by atoms with Crippen molar-refractivity contribution in [2.45, 2.75) is 26.2 Å². The molecule has 0 fully saturated rings. The van der Waals surface area contributed by atoms with Gasteiger partial charge in [0.25, 0.3) is 0 Å². The standard InChI is InChI=1S/C46H37N3O/c1-3-17-35-37-24-16-23-33(46(37)50-42(35)4-2)31-18-15-27-43(47-30-31)49-39-25-14-8-12-21-34(39)36-28-29-41-44(45(36)49)38-22-11-5-6-13-26-40(38)48(41)32-19-9-7-10-20-32/h3-4,6-24,27-29H,2,5,25-26,30H2,1H3/b13-6-,17-3-,22-11-. The van der Waals surface area contributed by atoms with Crippen molar-refractivity contribution in [1.82, 2.24) is 9.13 Å². The molecule has 0 N–H and O–H groups in total. The SMILES string of the molecule is C=Cc1oc2c(C3=CC=CC(n4c5c(c6ccc7c(c8c(n7-c7ccccc7)C/C=C\C/C=C\8)c64)C=CC=CC5)=NC3)cccc2c1/C=C\C. The number of benzene rings is 3. The molecule has 4 heterocycles. The fourth-order valence-corrected chi connectivity index (χ4v) is 7.90. The Morgan fingerprint density at radius 2 is 1.66 bits per heavy atom. The molecule has 0 radical (unpaired) electrons. The van der Waals surface area contributed by atoms with Gasteiger partial charge in [0.1, 0.15) is 17.2 Å². The molecular formula is C46H37N3O. The Labute approximate surface area is 292 Å². The van der Waals surface area contributed by atoms with Crippen LogP contribution in [0.2, 0.25) is 0 Å². The lowest BCUT2D eigenvalue weighted by molar-refractivity contribution is 0.602. The van der Waals surface area contributed by atoms with Gasteiger partial charge in [0.05, 0.1) is 17.6 Å². The van der Waals surface area contributed by atoms with E-state index in [1.807, 2.05) is 13.0 Å². The van der Waals surface area contributed by atoms with Crippen LogP contribution in [0, 0.1) is 0 Å². The van der Waals surface area contributed by atoms with Gasteiger partial charge in [-0.3, -0.25) is 9.56 Å². The third-order valence-corrected chi connectivity index (χ3v) is 10.0. The van der Waals surface area contributed by atoms with Gasteiger partial charge in [-0.2, -0.15) is 0 Å². The van der Waals surface area contributed by atoms with Gasteiger partial charge >= 0.3 is 0 Å². The smallest absolute Gasteiger partial charge is 0.142 e. The molecule has 6 aromatic rings. The Morgan fingerprint density at radius 1 is 0.780 bits per heavy atom. The first-order valence-electron chi connectivity index (χ1n) is 17.4. The second kappa shape index (κ2) is 12.4. The van der Waals surface area contributed by atoms with Crippen molar-refractivity contribution >= 4 is 68.5 Å². The molecule has 4 heteroatoms. The lowest BCUT2D eigenvalue weighted by Gasteiger charge is -2.12. The molecule has 0 bridgehead atoms. The normalized spacial score (nSPS) is 16.9. The lowest BCUT2D eigenvalue weighted by Crippen LogP contribution is -2.13. The highest BCUT2D eigenvalue weighted by Crippen LogP contribution is 2.41. The van der Waals surface area contributed by atoms with Crippen LogP contribution in [-0.2, 0) is 12.8 Å². The van der Waals surface area contributed by atoms with E-state index < -0.39 is 0 Å². The molecule has 0 spiro atoms. The van der Waals surface area contributed by atoms with E-state index in [2.05, 4.69) is 149 Å². The van der Waals surface area contributed by atoms with Crippen molar-refractivity contribution in [1.29, 1.82) is 0 Å². The van der Waals surface area contributed by atoms with Crippen LogP contribution in [0.25, 0.3) is 68.3 Å². The second-order valence-corrected chi connectivity index (χ2v) is 12.9. The summed E-state index contributed by atoms with van der Waals surface area (Å²) in [5, 5.41) is 3.59. The zero-order valence-corrected chi connectivity index (χ0v) is 28.1. The molecule has 50 heavy (non-hydrogen) atoms. The summed E-state index contributed by atoms with van der Waals surface area (Å²) in [5.41, 5.74) is 12.8. The minimum absolute atomic E-state index is 0.522. The van der Waals surface area contributed by atoms with Crippen LogP contribution < -0.4 is 0 Å². The molecule has 1 aliphatic heterocycles. The van der Waals surface area contributed by atoms with E-state index in [0.717, 1.165) is 58.5 Å². The number of allylic oxidation sites excluding steroid dienone is 10. The van der Waals surface area contributed by atoms with E-state index in [1.54, 1.807) is 6.08 Å². The Balaban J connectivity index is 1.27. The molecule has 4 nitrogen and oxygen atoms in total. The van der Waals surface area contributed by atoms with E-state index in [0.29, 0.717) is 6.54 Å². The molecule has 0 saturated carbocycles. The maximum absolute atomic E-state index is 6.41. The maximum Gasteiger partial charge on any atom is 0.142 e. The van der Waals surface area contributed by atoms with Crippen molar-refractivity contribution in [2.75, 3.05) is 6.54 Å². The summed E-state index contributed by atoms with van der Waals surface area (Å²) in [6, 6.07) is 21.8. The molecule has 3 aromatic heterocycles. The van der Waals surface area contributed by atoms with E-state index >= 15 is 0 Å². The van der Waals surface area contributed by atoms with Crippen LogP contribution in [0.4, 0.5) is 0 Å². The topological polar surface area (TPSA) is 35.4 Å². The average molecular weight is 648 g/mol. The number of nitrogens with zero attached hydrogens (tertiary/aromatic N) is 3. The van der Waals surface area contributed by atoms with E-state index in [9.17, 15) is 0 Å². The summed E-state index contributed by atoms with van der Waals surface area (Å²) < 4.78 is 11.3. The van der Waals surface area contributed by atoms with Gasteiger partial charge in [-0.15, -0.1) is 0 Å². The number of para-hydroxylation sites is 2. The van der Waals surface area contributed by atoms with Gasteiger partial charge in [0, 0.05) is 68.3 Å². The number of aliphatic imine (C=N–C) groups is 1. The van der Waals surface area contributed by atoms with Crippen LogP contribution in [0.1, 0.15) is 52.7 Å². The zero-order chi connectivity index (χ0) is 33.6. The first kappa shape index (κ1) is 30.0. The first-order chi connectivity index (χ1) is 24.8. The molecule has 3 aromatic carbocycles. The van der Waals surface area contributed by atoms with Gasteiger partial charge in [0.15, 0.2) is 0 Å². The quantitative estimate of drug-likeness (QED) is 0.175. The number of furan rings is 1. The second-order valence-electron chi connectivity index (χ2n) is 12.9. The molecule has 2 aliphatic carbocycles. The predicted molar refractivity (Wildman–Crippen MR) is 213 cm³/mol. The fourth-order valence-electron chi connectivity index (χ4n) is 7.90. The van der Waals surface area contributed by atoms with Crippen molar-refractivity contribution in [3.05, 3.63) is 167 Å². The summed E-state index contributed by atoms with van der Waals surface area (Å²) in [5.74, 6) is 1.72. The molecule has 3 aliphatic rings. The largest absolute Gasteiger partial charge is 0.455 e. The number of hydrogen-bond acceptors (Lipinski definition) is 2. The van der Waals surface area contributed by atoms with Gasteiger partial charge in [0.2, 0.25) is 0 Å². The Bertz CT molecular complexity index is 2600. The van der Waals surface area contributed by atoms with Crippen molar-refractivity contribution in [3.8, 4) is 5.69 Å². The molecule has 0 amide bonds. The summed E-state index contributed by atoms with van der Waals surface area (Å²) in [4.78, 5) is 5.39. The molecule has 0 atom stereocenters. The van der Waals surface area contributed by atoms with Gasteiger partial charge in [-0.25, -0.2) is 0 Å². The van der Waals surface area contributed by atoms with E-state index in [1.165, 1.54) is 50.0 Å². The van der Waals surface area contributed by atoms with Crippen molar-refractivity contribution in [3.63, 3.8) is 0 Å². The fraction of sp³-hybridized carbons (Fsp3) is 0.109. The monoisotopic (exact) mass is 647 g/mol. The minimum Gasteiger partial charge on any atom is -0.455 e.